The fraction of sp³-hybridized carbons (Fsp3) is 0.588. The summed E-state index contributed by atoms with van der Waals surface area (Å²) in [6.45, 7) is 4.82. The van der Waals surface area contributed by atoms with Crippen molar-refractivity contribution in [1.29, 1.82) is 0 Å². The number of nitrogens with zero attached hydrogens (tertiary/aromatic N) is 1. The fourth-order valence-corrected chi connectivity index (χ4v) is 3.43. The van der Waals surface area contributed by atoms with Crippen molar-refractivity contribution >= 4 is 17.7 Å². The number of benzene rings is 1. The van der Waals surface area contributed by atoms with Crippen LogP contribution in [-0.2, 0) is 11.3 Å². The molecule has 1 saturated heterocycles. The molecule has 0 bridgehead atoms. The van der Waals surface area contributed by atoms with Crippen LogP contribution in [0, 0.1) is 0 Å². The molecule has 0 unspecified atom stereocenters. The maximum atomic E-state index is 11.6. The Balaban J connectivity index is 1.96. The van der Waals surface area contributed by atoms with Gasteiger partial charge in [-0.25, -0.2) is 0 Å². The van der Waals surface area contributed by atoms with Crippen LogP contribution in [0.15, 0.2) is 23.1 Å². The molecule has 1 N–H and O–H groups in total. The van der Waals surface area contributed by atoms with Gasteiger partial charge in [-0.15, -0.1) is 11.8 Å². The summed E-state index contributed by atoms with van der Waals surface area (Å²) in [5, 5.41) is 3.12. The van der Waals surface area contributed by atoms with Crippen LogP contribution in [0.1, 0.15) is 31.7 Å². The topological polar surface area (TPSA) is 41.6 Å². The van der Waals surface area contributed by atoms with Crippen LogP contribution >= 0.6 is 11.8 Å². The molecule has 0 spiro atoms. The lowest BCUT2D eigenvalue weighted by atomic mass is 10.0. The summed E-state index contributed by atoms with van der Waals surface area (Å²) in [6, 6.07) is 6.70. The second kappa shape index (κ2) is 8.44. The van der Waals surface area contributed by atoms with E-state index in [-0.39, 0.29) is 11.9 Å². The Bertz CT molecular complexity index is 507. The molecule has 0 aliphatic carbocycles. The number of ether oxygens (including phenoxy) is 1. The predicted molar refractivity (Wildman–Crippen MR) is 91.5 cm³/mol. The van der Waals surface area contributed by atoms with Crippen molar-refractivity contribution < 1.29 is 9.53 Å². The normalized spacial score (nSPS) is 19.0. The molecule has 122 valence electrons. The van der Waals surface area contributed by atoms with Crippen LogP contribution in [0.2, 0.25) is 0 Å². The summed E-state index contributed by atoms with van der Waals surface area (Å²) in [4.78, 5) is 15.1. The van der Waals surface area contributed by atoms with Crippen molar-refractivity contribution in [2.75, 3.05) is 26.5 Å². The zero-order valence-corrected chi connectivity index (χ0v) is 14.5. The van der Waals surface area contributed by atoms with Gasteiger partial charge in [0.1, 0.15) is 5.75 Å². The highest BCUT2D eigenvalue weighted by Crippen LogP contribution is 2.29. The molecule has 1 heterocycles. The molecule has 0 aromatic heterocycles. The van der Waals surface area contributed by atoms with E-state index in [4.69, 9.17) is 4.74 Å². The Morgan fingerprint density at radius 3 is 3.00 bits per heavy atom. The Kier molecular flexibility index (Phi) is 6.58. The summed E-state index contributed by atoms with van der Waals surface area (Å²) in [5.74, 6) is 1.09. The Morgan fingerprint density at radius 2 is 2.32 bits per heavy atom. The highest BCUT2D eigenvalue weighted by atomic mass is 32.2. The average Bonchev–Trinajstić information content (AvgIpc) is 2.55. The second-order valence-corrected chi connectivity index (χ2v) is 6.53. The van der Waals surface area contributed by atoms with Crippen LogP contribution in [-0.4, -0.2) is 43.3 Å². The maximum Gasteiger partial charge on any atom is 0.219 e. The standard InChI is InChI=1S/C17H26N2O2S/c1-4-17(20)18-14-6-5-9-19(12-14)11-13-7-8-16(22-3)15(10-13)21-2/h7-8,10,14H,4-6,9,11-12H2,1-3H3,(H,18,20)/t14-/m0/s1. The van der Waals surface area contributed by atoms with Crippen molar-refractivity contribution in [3.8, 4) is 5.75 Å². The minimum absolute atomic E-state index is 0.151. The largest absolute Gasteiger partial charge is 0.496 e. The number of methoxy groups -OCH3 is 1. The van der Waals surface area contributed by atoms with Crippen molar-refractivity contribution in [1.82, 2.24) is 10.2 Å². The number of amides is 1. The van der Waals surface area contributed by atoms with E-state index >= 15 is 0 Å². The van der Waals surface area contributed by atoms with Gasteiger partial charge in [-0.05, 0) is 43.3 Å². The van der Waals surface area contributed by atoms with Gasteiger partial charge in [-0.2, -0.15) is 0 Å². The van der Waals surface area contributed by atoms with Crippen LogP contribution in [0.3, 0.4) is 0 Å². The lowest BCUT2D eigenvalue weighted by molar-refractivity contribution is -0.121. The van der Waals surface area contributed by atoms with Crippen LogP contribution in [0.25, 0.3) is 0 Å². The predicted octanol–water partition coefficient (Wildman–Crippen LogP) is 2.91. The van der Waals surface area contributed by atoms with Crippen LogP contribution in [0.5, 0.6) is 5.75 Å². The molecule has 4 nitrogen and oxygen atoms in total. The zero-order chi connectivity index (χ0) is 15.9. The smallest absolute Gasteiger partial charge is 0.219 e. The number of hydrogen-bond acceptors (Lipinski definition) is 4. The summed E-state index contributed by atoms with van der Waals surface area (Å²) < 4.78 is 5.46. The van der Waals surface area contributed by atoms with Gasteiger partial charge in [-0.1, -0.05) is 13.0 Å². The molecule has 5 heteroatoms. The van der Waals surface area contributed by atoms with Crippen LogP contribution in [0.4, 0.5) is 0 Å². The minimum Gasteiger partial charge on any atom is -0.496 e. The third kappa shape index (κ3) is 4.65. The van der Waals surface area contributed by atoms with Crippen molar-refractivity contribution in [3.63, 3.8) is 0 Å². The van der Waals surface area contributed by atoms with Gasteiger partial charge in [0.25, 0.3) is 0 Å². The fourth-order valence-electron chi connectivity index (χ4n) is 2.88. The first-order valence-electron chi connectivity index (χ1n) is 7.88. The van der Waals surface area contributed by atoms with Crippen LogP contribution < -0.4 is 10.1 Å². The molecular formula is C17H26N2O2S. The van der Waals surface area contributed by atoms with E-state index in [9.17, 15) is 4.79 Å². The molecule has 1 aromatic rings. The third-order valence-corrected chi connectivity index (χ3v) is 4.82. The third-order valence-electron chi connectivity index (χ3n) is 4.05. The highest BCUT2D eigenvalue weighted by Gasteiger charge is 2.21. The summed E-state index contributed by atoms with van der Waals surface area (Å²) in [7, 11) is 1.72. The number of nitrogens with one attached hydrogen (secondary N) is 1. The Hall–Kier alpha value is -1.20. The van der Waals surface area contributed by atoms with Gasteiger partial charge in [0, 0.05) is 30.4 Å². The first kappa shape index (κ1) is 17.2. The summed E-state index contributed by atoms with van der Waals surface area (Å²) in [6.07, 6.45) is 4.83. The van der Waals surface area contributed by atoms with Gasteiger partial charge < -0.3 is 10.1 Å². The van der Waals surface area contributed by atoms with E-state index in [1.165, 1.54) is 5.56 Å². The molecule has 1 atom stereocenters. The number of likely N-dealkylation sites (tertiary alicyclic amines) is 1. The van der Waals surface area contributed by atoms with Crippen molar-refractivity contribution in [2.45, 2.75) is 43.7 Å². The van der Waals surface area contributed by atoms with Gasteiger partial charge in [0.2, 0.25) is 5.91 Å². The van der Waals surface area contributed by atoms with Gasteiger partial charge in [0.05, 0.1) is 7.11 Å². The first-order chi connectivity index (χ1) is 10.7. The van der Waals surface area contributed by atoms with E-state index < -0.39 is 0 Å². The number of rotatable bonds is 6. The summed E-state index contributed by atoms with van der Waals surface area (Å²) in [5.41, 5.74) is 1.26. The molecule has 1 amide bonds. The zero-order valence-electron chi connectivity index (χ0n) is 13.7. The first-order valence-corrected chi connectivity index (χ1v) is 9.11. The quantitative estimate of drug-likeness (QED) is 0.818. The molecule has 1 aliphatic rings. The SMILES string of the molecule is CCC(=O)N[C@H]1CCCN(Cc2ccc(SC)c(OC)c2)C1. The monoisotopic (exact) mass is 322 g/mol. The Morgan fingerprint density at radius 1 is 1.50 bits per heavy atom. The highest BCUT2D eigenvalue weighted by molar-refractivity contribution is 7.98. The lowest BCUT2D eigenvalue weighted by Gasteiger charge is -2.33. The number of carbonyl (C=O) groups is 1. The molecule has 2 rings (SSSR count). The minimum atomic E-state index is 0.151. The average molecular weight is 322 g/mol. The van der Waals surface area contributed by atoms with Gasteiger partial charge in [0.15, 0.2) is 0 Å². The molecule has 1 aromatic carbocycles. The summed E-state index contributed by atoms with van der Waals surface area (Å²) >= 11 is 1.70. The second-order valence-electron chi connectivity index (χ2n) is 5.68. The number of carbonyl (C=O) groups excluding carboxylic acids is 1. The van der Waals surface area contributed by atoms with E-state index in [0.29, 0.717) is 6.42 Å². The lowest BCUT2D eigenvalue weighted by Crippen LogP contribution is -2.47. The van der Waals surface area contributed by atoms with E-state index in [2.05, 4.69) is 34.7 Å². The van der Waals surface area contributed by atoms with Gasteiger partial charge in [-0.3, -0.25) is 9.69 Å². The van der Waals surface area contributed by atoms with Gasteiger partial charge >= 0.3 is 0 Å². The molecule has 0 radical (unpaired) electrons. The Labute approximate surface area is 137 Å². The number of piperidine rings is 1. The number of thioether (sulfide) groups is 1. The van der Waals surface area contributed by atoms with E-state index in [1.807, 2.05) is 6.92 Å². The number of hydrogen-bond donors (Lipinski definition) is 1. The molecule has 1 aliphatic heterocycles. The molecular weight excluding hydrogens is 296 g/mol. The van der Waals surface area contributed by atoms with Crippen molar-refractivity contribution in [3.05, 3.63) is 23.8 Å². The maximum absolute atomic E-state index is 11.6. The van der Waals surface area contributed by atoms with E-state index in [1.54, 1.807) is 18.9 Å². The molecule has 0 saturated carbocycles. The van der Waals surface area contributed by atoms with Crippen molar-refractivity contribution in [2.24, 2.45) is 0 Å². The molecule has 1 fully saturated rings. The molecule has 22 heavy (non-hydrogen) atoms. The van der Waals surface area contributed by atoms with E-state index in [0.717, 1.165) is 43.1 Å².